The van der Waals surface area contributed by atoms with Crippen molar-refractivity contribution in [2.45, 2.75) is 82.2 Å². The Morgan fingerprint density at radius 2 is 1.32 bits per heavy atom. The van der Waals surface area contributed by atoms with Gasteiger partial charge in [0.05, 0.1) is 56.7 Å². The second-order valence-electron chi connectivity index (χ2n) is 10.1. The Morgan fingerprint density at radius 1 is 0.750 bits per heavy atom. The highest BCUT2D eigenvalue weighted by Gasteiger charge is 2.46. The summed E-state index contributed by atoms with van der Waals surface area (Å²) in [6.07, 6.45) is 5.96. The van der Waals surface area contributed by atoms with E-state index in [-0.39, 0.29) is 45.0 Å². The van der Waals surface area contributed by atoms with Crippen LogP contribution < -0.4 is 32.7 Å². The van der Waals surface area contributed by atoms with Crippen molar-refractivity contribution < 1.29 is 24.0 Å². The number of carbonyl (C=O) groups excluding carboxylic acids is 5. The number of fused-ring (bicyclic) bond motifs is 1. The monoisotopic (exact) mass is 720 g/mol. The van der Waals surface area contributed by atoms with Gasteiger partial charge in [-0.2, -0.15) is 0 Å². The number of benzene rings is 1. The quantitative estimate of drug-likeness (QED) is 0.0649. The molecular formula is C27H40N6O5S6. The van der Waals surface area contributed by atoms with E-state index in [1.807, 2.05) is 30.3 Å². The lowest BCUT2D eigenvalue weighted by Gasteiger charge is -2.31. The summed E-state index contributed by atoms with van der Waals surface area (Å²) in [5, 5.41) is 12.7. The second kappa shape index (κ2) is 21.2. The van der Waals surface area contributed by atoms with E-state index in [1.54, 1.807) is 43.2 Å². The number of unbranched alkanes of at least 4 members (excludes halogenated alkanes) is 1. The molecule has 17 heteroatoms. The number of amides is 1. The fourth-order valence-corrected chi connectivity index (χ4v) is 16.8. The first-order valence-corrected chi connectivity index (χ1v) is 21.0. The molecule has 244 valence electrons. The minimum Gasteiger partial charge on any atom is -0.370 e. The first-order valence-electron chi connectivity index (χ1n) is 14.2. The zero-order valence-electron chi connectivity index (χ0n) is 24.0. The average molecular weight is 721 g/mol. The molecule has 1 aromatic rings. The van der Waals surface area contributed by atoms with Crippen LogP contribution in [-0.4, -0.2) is 94.3 Å². The molecule has 9 atom stereocenters. The van der Waals surface area contributed by atoms with E-state index in [2.05, 4.69) is 21.3 Å². The summed E-state index contributed by atoms with van der Waals surface area (Å²) < 4.78 is 0. The van der Waals surface area contributed by atoms with E-state index >= 15 is 0 Å². The van der Waals surface area contributed by atoms with Gasteiger partial charge < -0.3 is 30.6 Å². The molecule has 2 saturated heterocycles. The normalized spacial score (nSPS) is 27.5. The Morgan fingerprint density at radius 3 is 1.93 bits per heavy atom. The second-order valence-corrected chi connectivity index (χ2v) is 17.9. The minimum absolute atomic E-state index is 0.0142. The molecule has 11 nitrogen and oxygen atoms in total. The number of carbonyl (C=O) groups is 5. The van der Waals surface area contributed by atoms with Gasteiger partial charge in [-0.25, -0.2) is 0 Å². The number of hydrogen-bond donors (Lipinski definition) is 6. The number of nitrogens with two attached hydrogens (primary N) is 2. The van der Waals surface area contributed by atoms with Gasteiger partial charge in [-0.15, -0.1) is 0 Å². The zero-order valence-corrected chi connectivity index (χ0v) is 28.9. The zero-order chi connectivity index (χ0) is 31.7. The van der Waals surface area contributed by atoms with Crippen LogP contribution in [-0.2, 0) is 30.4 Å². The number of aldehydes is 4. The summed E-state index contributed by atoms with van der Waals surface area (Å²) in [4.78, 5) is 59.2. The van der Waals surface area contributed by atoms with Gasteiger partial charge in [0.15, 0.2) is 0 Å². The van der Waals surface area contributed by atoms with Crippen LogP contribution in [0.3, 0.4) is 0 Å². The van der Waals surface area contributed by atoms with Crippen molar-refractivity contribution in [2.75, 3.05) is 13.1 Å². The van der Waals surface area contributed by atoms with Gasteiger partial charge in [0.2, 0.25) is 5.91 Å². The maximum Gasteiger partial charge on any atom is 0.219 e. The molecule has 8 N–H and O–H groups in total. The molecule has 2 fully saturated rings. The molecule has 0 spiro atoms. The summed E-state index contributed by atoms with van der Waals surface area (Å²) in [5.74, 6) is -0.579. The lowest BCUT2D eigenvalue weighted by Crippen LogP contribution is -2.51. The summed E-state index contributed by atoms with van der Waals surface area (Å²) >= 11 is 0. The summed E-state index contributed by atoms with van der Waals surface area (Å²) in [6.45, 7) is 0.746. The van der Waals surface area contributed by atoms with Crippen LogP contribution >= 0.6 is 64.8 Å². The van der Waals surface area contributed by atoms with E-state index < -0.39 is 24.0 Å². The highest BCUT2D eigenvalue weighted by atomic mass is 33.1. The molecule has 1 amide bonds. The Labute approximate surface area is 282 Å². The Hall–Kier alpha value is -0.730. The van der Waals surface area contributed by atoms with Crippen molar-refractivity contribution >= 4 is 95.8 Å². The van der Waals surface area contributed by atoms with Gasteiger partial charge in [0, 0.05) is 6.42 Å². The molecular weight excluding hydrogens is 681 g/mol. The van der Waals surface area contributed by atoms with Gasteiger partial charge in [-0.3, -0.25) is 26.1 Å². The maximum atomic E-state index is 12.3. The van der Waals surface area contributed by atoms with Crippen LogP contribution in [0, 0.1) is 0 Å². The highest BCUT2D eigenvalue weighted by Crippen LogP contribution is 2.56. The van der Waals surface area contributed by atoms with Gasteiger partial charge in [-0.05, 0) is 31.4 Å². The summed E-state index contributed by atoms with van der Waals surface area (Å²) in [6, 6.07) is 8.11. The van der Waals surface area contributed by atoms with Crippen LogP contribution in [0.4, 0.5) is 0 Å². The van der Waals surface area contributed by atoms with Crippen LogP contribution in [0.1, 0.15) is 31.2 Å². The predicted octanol–water partition coefficient (Wildman–Crippen LogP) is 1.71. The number of nitrogens with one attached hydrogen (secondary N) is 4. The Bertz CT molecular complexity index is 1050. The van der Waals surface area contributed by atoms with Crippen molar-refractivity contribution in [3.8, 4) is 0 Å². The van der Waals surface area contributed by atoms with E-state index in [1.165, 1.54) is 21.6 Å². The topological polar surface area (TPSA) is 186 Å². The third kappa shape index (κ3) is 12.5. The Balaban J connectivity index is 1.91. The van der Waals surface area contributed by atoms with E-state index in [4.69, 9.17) is 11.5 Å². The first-order chi connectivity index (χ1) is 21.4. The lowest BCUT2D eigenvalue weighted by atomic mass is 10.1. The largest absolute Gasteiger partial charge is 0.370 e. The molecule has 44 heavy (non-hydrogen) atoms. The molecule has 0 radical (unpaired) electrons. The standard InChI is InChI=1S/C27H40N6O5S6/c28-9-5-4-8-18(14-35)31-26-27(33-19(15-36)12-17-6-2-1-3-7-17)43-39-22-23(40-41-24(22)30-10-11-34)25(42-44-26)32-20(16-37)13-21(29)38/h1-3,6-7,11,14-16,18-20,22-27,30-33H,4-5,8-10,12-13,28H2,(H2,29,38)/t18-,19-,20-,22?,23?,24?,25?,26?,27?/m0/s1. The average Bonchev–Trinajstić information content (AvgIpc) is 3.45. The van der Waals surface area contributed by atoms with Gasteiger partial charge in [-0.1, -0.05) is 102 Å². The van der Waals surface area contributed by atoms with E-state index in [0.29, 0.717) is 25.7 Å². The molecule has 1 aromatic carbocycles. The van der Waals surface area contributed by atoms with Gasteiger partial charge in [0.1, 0.15) is 25.1 Å². The third-order valence-corrected chi connectivity index (χ3v) is 16.7. The van der Waals surface area contributed by atoms with Crippen molar-refractivity contribution in [1.82, 2.24) is 21.3 Å². The SMILES string of the molecule is NCCCC[C@@H](C=O)NC1SSC(N[C@H](C=O)CC(N)=O)C2SSC(NCC=O)C2SSC1N[C@H](C=O)Cc1ccccc1. The maximum absolute atomic E-state index is 12.3. The van der Waals surface area contributed by atoms with Crippen LogP contribution in [0.25, 0.3) is 0 Å². The van der Waals surface area contributed by atoms with Crippen molar-refractivity contribution in [3.05, 3.63) is 35.9 Å². The molecule has 2 aliphatic heterocycles. The third-order valence-electron chi connectivity index (χ3n) is 6.72. The van der Waals surface area contributed by atoms with Crippen LogP contribution in [0.2, 0.25) is 0 Å². The fourth-order valence-electron chi connectivity index (χ4n) is 4.51. The van der Waals surface area contributed by atoms with E-state index in [9.17, 15) is 24.0 Å². The van der Waals surface area contributed by atoms with Crippen LogP contribution in [0.5, 0.6) is 0 Å². The summed E-state index contributed by atoms with van der Waals surface area (Å²) in [7, 11) is 9.58. The van der Waals surface area contributed by atoms with Gasteiger partial charge >= 0.3 is 0 Å². The van der Waals surface area contributed by atoms with Crippen molar-refractivity contribution in [1.29, 1.82) is 0 Å². The van der Waals surface area contributed by atoms with Gasteiger partial charge in [0.25, 0.3) is 0 Å². The van der Waals surface area contributed by atoms with Crippen molar-refractivity contribution in [2.24, 2.45) is 11.5 Å². The number of rotatable bonds is 20. The fraction of sp³-hybridized carbons (Fsp3) is 0.593. The minimum atomic E-state index is -0.762. The molecule has 2 aliphatic rings. The highest BCUT2D eigenvalue weighted by molar-refractivity contribution is 8.82. The number of primary amides is 1. The molecule has 2 heterocycles. The predicted molar refractivity (Wildman–Crippen MR) is 188 cm³/mol. The molecule has 3 rings (SSSR count). The molecule has 6 unspecified atom stereocenters. The first kappa shape index (κ1) is 37.7. The number of hydrogen-bond acceptors (Lipinski definition) is 16. The molecule has 0 aliphatic carbocycles. The molecule has 0 bridgehead atoms. The smallest absolute Gasteiger partial charge is 0.219 e. The van der Waals surface area contributed by atoms with Crippen LogP contribution in [0.15, 0.2) is 30.3 Å². The lowest BCUT2D eigenvalue weighted by molar-refractivity contribution is -0.120. The Kier molecular flexibility index (Phi) is 18.2. The molecule has 0 aromatic heterocycles. The van der Waals surface area contributed by atoms with Crippen molar-refractivity contribution in [3.63, 3.8) is 0 Å². The summed E-state index contributed by atoms with van der Waals surface area (Å²) in [5.41, 5.74) is 12.1. The molecule has 0 saturated carbocycles. The van der Waals surface area contributed by atoms with E-state index in [0.717, 1.165) is 37.3 Å².